The number of halogens is 1. The third-order valence-corrected chi connectivity index (χ3v) is 4.50. The van der Waals surface area contributed by atoms with Crippen LogP contribution < -0.4 is 10.6 Å². The van der Waals surface area contributed by atoms with Gasteiger partial charge < -0.3 is 15.7 Å². The number of carboxylic acids is 1. The highest BCUT2D eigenvalue weighted by Crippen LogP contribution is 2.45. The maximum Gasteiger partial charge on any atom is 0.311 e. The Morgan fingerprint density at radius 3 is 2.25 bits per heavy atom. The minimum absolute atomic E-state index is 0.0845. The monoisotopic (exact) mass is 352 g/mol. The van der Waals surface area contributed by atoms with Gasteiger partial charge in [-0.25, -0.2) is 0 Å². The van der Waals surface area contributed by atoms with Gasteiger partial charge >= 0.3 is 5.97 Å². The van der Waals surface area contributed by atoms with Crippen molar-refractivity contribution < 1.29 is 19.5 Å². The molecule has 2 rings (SSSR count). The van der Waals surface area contributed by atoms with E-state index in [4.69, 9.17) is 16.7 Å². The van der Waals surface area contributed by atoms with Gasteiger partial charge in [0.05, 0.1) is 5.41 Å². The second-order valence-electron chi connectivity index (χ2n) is 6.51. The molecule has 24 heavy (non-hydrogen) atoms. The lowest BCUT2D eigenvalue weighted by Gasteiger charge is -2.22. The molecule has 0 bridgehead atoms. The smallest absolute Gasteiger partial charge is 0.311 e. The lowest BCUT2D eigenvalue weighted by atomic mass is 10.0. The van der Waals surface area contributed by atoms with Gasteiger partial charge in [-0.2, -0.15) is 0 Å². The van der Waals surface area contributed by atoms with Gasteiger partial charge in [-0.3, -0.25) is 14.4 Å². The Bertz CT molecular complexity index is 638. The molecule has 3 N–H and O–H groups in total. The van der Waals surface area contributed by atoms with E-state index in [-0.39, 0.29) is 24.3 Å². The van der Waals surface area contributed by atoms with Crippen LogP contribution in [0, 0.1) is 11.3 Å². The van der Waals surface area contributed by atoms with E-state index in [9.17, 15) is 14.4 Å². The summed E-state index contributed by atoms with van der Waals surface area (Å²) in [5, 5.41) is 15.0. The molecule has 0 spiro atoms. The summed E-state index contributed by atoms with van der Waals surface area (Å²) < 4.78 is 0. The van der Waals surface area contributed by atoms with Gasteiger partial charge in [0.15, 0.2) is 0 Å². The maximum atomic E-state index is 12.4. The predicted molar refractivity (Wildman–Crippen MR) is 89.9 cm³/mol. The molecule has 1 aliphatic rings. The summed E-state index contributed by atoms with van der Waals surface area (Å²) in [5.74, 6) is -1.78. The Balaban J connectivity index is 1.98. The number of hydrogen-bond acceptors (Lipinski definition) is 3. The quantitative estimate of drug-likeness (QED) is 0.700. The van der Waals surface area contributed by atoms with Crippen LogP contribution in [0.25, 0.3) is 0 Å². The van der Waals surface area contributed by atoms with E-state index in [1.807, 2.05) is 13.8 Å². The number of hydrogen-bond donors (Lipinski definition) is 3. The summed E-state index contributed by atoms with van der Waals surface area (Å²) in [7, 11) is 0. The first-order valence-electron chi connectivity index (χ1n) is 7.83. The van der Waals surface area contributed by atoms with Crippen molar-refractivity contribution >= 4 is 29.4 Å². The molecule has 0 radical (unpaired) electrons. The van der Waals surface area contributed by atoms with Gasteiger partial charge in [0.1, 0.15) is 6.04 Å². The van der Waals surface area contributed by atoms with Crippen LogP contribution in [0.5, 0.6) is 0 Å². The maximum absolute atomic E-state index is 12.4. The molecule has 0 heterocycles. The zero-order chi connectivity index (χ0) is 17.9. The van der Waals surface area contributed by atoms with E-state index in [0.29, 0.717) is 23.4 Å². The van der Waals surface area contributed by atoms with Crippen molar-refractivity contribution in [2.45, 2.75) is 32.7 Å². The number of carbonyl (C=O) groups excluding carboxylic acids is 2. The molecule has 0 aliphatic heterocycles. The summed E-state index contributed by atoms with van der Waals surface area (Å²) in [6, 6.07) is 5.63. The van der Waals surface area contributed by atoms with Crippen molar-refractivity contribution in [3.8, 4) is 0 Å². The molecule has 7 heteroatoms. The molecule has 1 saturated carbocycles. The van der Waals surface area contributed by atoms with Crippen LogP contribution in [0.4, 0.5) is 0 Å². The standard InChI is InChI=1S/C17H21ClN2O4/c1-10(2)13(15(22)19-9-17(7-8-17)16(23)24)20-14(21)11-3-5-12(18)6-4-11/h3-6,10,13H,7-9H2,1-2H3,(H,19,22)(H,20,21)(H,23,24). The van der Waals surface area contributed by atoms with Crippen molar-refractivity contribution in [1.29, 1.82) is 0 Å². The average Bonchev–Trinajstić information content (AvgIpc) is 3.31. The summed E-state index contributed by atoms with van der Waals surface area (Å²) >= 11 is 5.79. The third kappa shape index (κ3) is 4.26. The minimum atomic E-state index is -0.894. The SMILES string of the molecule is CC(C)C(NC(=O)c1ccc(Cl)cc1)C(=O)NCC1(C(=O)O)CC1. The van der Waals surface area contributed by atoms with Gasteiger partial charge in [0.25, 0.3) is 5.91 Å². The predicted octanol–water partition coefficient (Wildman–Crippen LogP) is 2.08. The van der Waals surface area contributed by atoms with Crippen molar-refractivity contribution in [1.82, 2.24) is 10.6 Å². The summed E-state index contributed by atoms with van der Waals surface area (Å²) in [6.45, 7) is 3.72. The first-order chi connectivity index (χ1) is 11.2. The van der Waals surface area contributed by atoms with E-state index in [1.54, 1.807) is 24.3 Å². The fraction of sp³-hybridized carbons (Fsp3) is 0.471. The lowest BCUT2D eigenvalue weighted by molar-refractivity contribution is -0.143. The zero-order valence-electron chi connectivity index (χ0n) is 13.6. The minimum Gasteiger partial charge on any atom is -0.481 e. The molecule has 0 aromatic heterocycles. The molecule has 6 nitrogen and oxygen atoms in total. The van der Waals surface area contributed by atoms with Gasteiger partial charge in [0.2, 0.25) is 5.91 Å². The van der Waals surface area contributed by atoms with Gasteiger partial charge in [-0.05, 0) is 43.0 Å². The number of amides is 2. The van der Waals surface area contributed by atoms with Crippen molar-refractivity contribution in [2.75, 3.05) is 6.54 Å². The van der Waals surface area contributed by atoms with E-state index >= 15 is 0 Å². The first-order valence-corrected chi connectivity index (χ1v) is 8.20. The van der Waals surface area contributed by atoms with Crippen molar-refractivity contribution in [2.24, 2.45) is 11.3 Å². The normalized spacial score (nSPS) is 16.3. The average molecular weight is 353 g/mol. The Kier molecular flexibility index (Phi) is 5.49. The van der Waals surface area contributed by atoms with Crippen LogP contribution in [-0.2, 0) is 9.59 Å². The van der Waals surface area contributed by atoms with Crippen LogP contribution in [0.15, 0.2) is 24.3 Å². The van der Waals surface area contributed by atoms with Gasteiger partial charge in [-0.1, -0.05) is 25.4 Å². The van der Waals surface area contributed by atoms with Crippen molar-refractivity contribution in [3.63, 3.8) is 0 Å². The van der Waals surface area contributed by atoms with Crippen LogP contribution >= 0.6 is 11.6 Å². The number of aliphatic carboxylic acids is 1. The number of carbonyl (C=O) groups is 3. The number of nitrogens with one attached hydrogen (secondary N) is 2. The Morgan fingerprint density at radius 2 is 1.79 bits per heavy atom. The number of rotatable bonds is 7. The molecular weight excluding hydrogens is 332 g/mol. The molecule has 1 aromatic carbocycles. The molecule has 1 atom stereocenters. The largest absolute Gasteiger partial charge is 0.481 e. The summed E-state index contributed by atoms with van der Waals surface area (Å²) in [5.41, 5.74) is -0.431. The summed E-state index contributed by atoms with van der Waals surface area (Å²) in [4.78, 5) is 35.8. The Hall–Kier alpha value is -2.08. The van der Waals surface area contributed by atoms with Crippen LogP contribution in [-0.4, -0.2) is 35.5 Å². The van der Waals surface area contributed by atoms with E-state index in [2.05, 4.69) is 10.6 Å². The molecule has 1 aromatic rings. The van der Waals surface area contributed by atoms with Gasteiger partial charge in [-0.15, -0.1) is 0 Å². The molecule has 1 fully saturated rings. The van der Waals surface area contributed by atoms with E-state index in [1.165, 1.54) is 0 Å². The third-order valence-electron chi connectivity index (χ3n) is 4.25. The summed E-state index contributed by atoms with van der Waals surface area (Å²) in [6.07, 6.45) is 1.12. The van der Waals surface area contributed by atoms with E-state index < -0.39 is 17.4 Å². The van der Waals surface area contributed by atoms with Gasteiger partial charge in [0, 0.05) is 17.1 Å². The molecule has 1 aliphatic carbocycles. The van der Waals surface area contributed by atoms with Crippen LogP contribution in [0.1, 0.15) is 37.0 Å². The highest BCUT2D eigenvalue weighted by Gasteiger charge is 2.50. The first kappa shape index (κ1) is 18.3. The number of benzene rings is 1. The zero-order valence-corrected chi connectivity index (χ0v) is 14.4. The highest BCUT2D eigenvalue weighted by molar-refractivity contribution is 6.30. The Labute approximate surface area is 145 Å². The topological polar surface area (TPSA) is 95.5 Å². The highest BCUT2D eigenvalue weighted by atomic mass is 35.5. The lowest BCUT2D eigenvalue weighted by Crippen LogP contribution is -2.51. The molecule has 1 unspecified atom stereocenters. The second kappa shape index (κ2) is 7.21. The molecule has 130 valence electrons. The van der Waals surface area contributed by atoms with E-state index in [0.717, 1.165) is 0 Å². The molecule has 2 amide bonds. The fourth-order valence-electron chi connectivity index (χ4n) is 2.34. The molecule has 0 saturated heterocycles. The fourth-order valence-corrected chi connectivity index (χ4v) is 2.47. The second-order valence-corrected chi connectivity index (χ2v) is 6.94. The van der Waals surface area contributed by atoms with Crippen molar-refractivity contribution in [3.05, 3.63) is 34.9 Å². The number of carboxylic acid groups (broad SMARTS) is 1. The Morgan fingerprint density at radius 1 is 1.21 bits per heavy atom. The molecular formula is C17H21ClN2O4. The van der Waals surface area contributed by atoms with Crippen LogP contribution in [0.2, 0.25) is 5.02 Å². The van der Waals surface area contributed by atoms with Crippen LogP contribution in [0.3, 0.4) is 0 Å².